The van der Waals surface area contributed by atoms with Crippen LogP contribution in [0.3, 0.4) is 0 Å². The third-order valence-corrected chi connectivity index (χ3v) is 1.95. The molecule has 0 heterocycles. The van der Waals surface area contributed by atoms with Gasteiger partial charge in [0.25, 0.3) is 0 Å². The lowest BCUT2D eigenvalue weighted by atomic mass is 9.95. The topological polar surface area (TPSA) is 0 Å². The van der Waals surface area contributed by atoms with E-state index in [9.17, 15) is 0 Å². The maximum atomic E-state index is 3.95. The highest BCUT2D eigenvalue weighted by atomic mass is 14.1. The van der Waals surface area contributed by atoms with E-state index >= 15 is 0 Å². The summed E-state index contributed by atoms with van der Waals surface area (Å²) in [7, 11) is 0. The van der Waals surface area contributed by atoms with E-state index in [0.717, 1.165) is 22.3 Å². The van der Waals surface area contributed by atoms with Crippen LogP contribution in [0.4, 0.5) is 0 Å². The fourth-order valence-electron chi connectivity index (χ4n) is 1.28. The van der Waals surface area contributed by atoms with Gasteiger partial charge < -0.3 is 0 Å². The van der Waals surface area contributed by atoms with Crippen LogP contribution in [0.1, 0.15) is 20.8 Å². The second-order valence-electron chi connectivity index (χ2n) is 2.99. The monoisotopic (exact) mass is 174 g/mol. The highest BCUT2D eigenvalue weighted by molar-refractivity contribution is 5.53. The molecule has 0 amide bonds. The van der Waals surface area contributed by atoms with Crippen molar-refractivity contribution in [3.63, 3.8) is 0 Å². The number of hydrogen-bond acceptors (Lipinski definition) is 0. The standard InChI is InChI=1S/C13H18/c1-7-11(6)13(10(4)5)12(8-2)9-3/h7-9H,1-2,4H2,3,5-6H3/b12-9-,13-11-. The largest absolute Gasteiger partial charge is 0.0988 e. The molecule has 0 aliphatic heterocycles. The minimum atomic E-state index is 1.05. The first kappa shape index (κ1) is 11.7. The van der Waals surface area contributed by atoms with Gasteiger partial charge in [0.15, 0.2) is 0 Å². The third-order valence-electron chi connectivity index (χ3n) is 1.95. The molecular weight excluding hydrogens is 156 g/mol. The maximum Gasteiger partial charge on any atom is -0.0135 e. The van der Waals surface area contributed by atoms with E-state index in [1.165, 1.54) is 0 Å². The van der Waals surface area contributed by atoms with Gasteiger partial charge in [0.2, 0.25) is 0 Å². The highest BCUT2D eigenvalue weighted by Crippen LogP contribution is 2.23. The Labute approximate surface area is 81.7 Å². The van der Waals surface area contributed by atoms with Crippen molar-refractivity contribution in [2.45, 2.75) is 20.8 Å². The van der Waals surface area contributed by atoms with Crippen molar-refractivity contribution in [2.24, 2.45) is 0 Å². The van der Waals surface area contributed by atoms with Crippen molar-refractivity contribution >= 4 is 0 Å². The molecular formula is C13H18. The van der Waals surface area contributed by atoms with Crippen molar-refractivity contribution < 1.29 is 0 Å². The van der Waals surface area contributed by atoms with Crippen molar-refractivity contribution in [1.29, 1.82) is 0 Å². The fraction of sp³-hybridized carbons (Fsp3) is 0.231. The van der Waals surface area contributed by atoms with Gasteiger partial charge in [0.1, 0.15) is 0 Å². The van der Waals surface area contributed by atoms with Crippen LogP contribution in [0.25, 0.3) is 0 Å². The Kier molecular flexibility index (Phi) is 4.83. The average Bonchev–Trinajstić information content (AvgIpc) is 2.12. The van der Waals surface area contributed by atoms with Gasteiger partial charge in [-0.1, -0.05) is 43.5 Å². The zero-order chi connectivity index (χ0) is 10.4. The molecule has 0 bridgehead atoms. The second kappa shape index (κ2) is 5.36. The molecule has 0 saturated heterocycles. The predicted molar refractivity (Wildman–Crippen MR) is 61.7 cm³/mol. The molecule has 0 aliphatic rings. The smallest absolute Gasteiger partial charge is 0.0135 e. The molecule has 0 aromatic rings. The number of rotatable bonds is 4. The summed E-state index contributed by atoms with van der Waals surface area (Å²) in [5.74, 6) is 0. The summed E-state index contributed by atoms with van der Waals surface area (Å²) < 4.78 is 0. The molecule has 0 atom stereocenters. The van der Waals surface area contributed by atoms with Gasteiger partial charge in [0.05, 0.1) is 0 Å². The molecule has 13 heavy (non-hydrogen) atoms. The van der Waals surface area contributed by atoms with E-state index in [1.54, 1.807) is 0 Å². The number of hydrogen-bond donors (Lipinski definition) is 0. The average molecular weight is 174 g/mol. The quantitative estimate of drug-likeness (QED) is 0.560. The zero-order valence-electron chi connectivity index (χ0n) is 8.85. The predicted octanol–water partition coefficient (Wildman–Crippen LogP) is 4.20. The molecule has 70 valence electrons. The zero-order valence-corrected chi connectivity index (χ0v) is 8.85. The molecule has 0 N–H and O–H groups in total. The first-order valence-corrected chi connectivity index (χ1v) is 4.36. The van der Waals surface area contributed by atoms with Crippen molar-refractivity contribution in [2.75, 3.05) is 0 Å². The van der Waals surface area contributed by atoms with E-state index in [-0.39, 0.29) is 0 Å². The van der Waals surface area contributed by atoms with E-state index in [1.807, 2.05) is 39.0 Å². The summed E-state index contributed by atoms with van der Waals surface area (Å²) in [5, 5.41) is 0. The molecule has 0 heteroatoms. The van der Waals surface area contributed by atoms with Crippen molar-refractivity contribution in [1.82, 2.24) is 0 Å². The minimum absolute atomic E-state index is 1.05. The van der Waals surface area contributed by atoms with Gasteiger partial charge in [-0.2, -0.15) is 0 Å². The van der Waals surface area contributed by atoms with Crippen LogP contribution in [0.15, 0.2) is 60.3 Å². The van der Waals surface area contributed by atoms with E-state index in [0.29, 0.717) is 0 Å². The maximum absolute atomic E-state index is 3.95. The third kappa shape index (κ3) is 2.90. The Balaban J connectivity index is 5.40. The van der Waals surface area contributed by atoms with Crippen LogP contribution in [0.5, 0.6) is 0 Å². The molecule has 0 saturated carbocycles. The van der Waals surface area contributed by atoms with Crippen LogP contribution in [0.2, 0.25) is 0 Å². The summed E-state index contributed by atoms with van der Waals surface area (Å²) >= 11 is 0. The molecule has 0 aromatic carbocycles. The summed E-state index contributed by atoms with van der Waals surface area (Å²) in [5.41, 5.74) is 4.45. The molecule has 0 fully saturated rings. The molecule has 0 radical (unpaired) electrons. The van der Waals surface area contributed by atoms with Crippen LogP contribution in [-0.2, 0) is 0 Å². The second-order valence-corrected chi connectivity index (χ2v) is 2.99. The lowest BCUT2D eigenvalue weighted by Crippen LogP contribution is -1.91. The van der Waals surface area contributed by atoms with Gasteiger partial charge in [0, 0.05) is 0 Å². The van der Waals surface area contributed by atoms with E-state index in [2.05, 4.69) is 19.7 Å². The Bertz CT molecular complexity index is 285. The first-order valence-electron chi connectivity index (χ1n) is 4.36. The van der Waals surface area contributed by atoms with Gasteiger partial charge in [-0.05, 0) is 37.5 Å². The molecule has 0 unspecified atom stereocenters. The summed E-state index contributed by atoms with van der Waals surface area (Å²) in [4.78, 5) is 0. The molecule has 0 aromatic heterocycles. The van der Waals surface area contributed by atoms with Gasteiger partial charge in [-0.25, -0.2) is 0 Å². The summed E-state index contributed by atoms with van der Waals surface area (Å²) in [6.07, 6.45) is 5.72. The molecule has 0 nitrogen and oxygen atoms in total. The minimum Gasteiger partial charge on any atom is -0.0988 e. The Morgan fingerprint density at radius 3 is 1.85 bits per heavy atom. The van der Waals surface area contributed by atoms with Crippen LogP contribution < -0.4 is 0 Å². The Hall–Kier alpha value is -1.30. The lowest BCUT2D eigenvalue weighted by Gasteiger charge is -2.10. The normalized spacial score (nSPS) is 13.3. The van der Waals surface area contributed by atoms with Crippen LogP contribution >= 0.6 is 0 Å². The van der Waals surface area contributed by atoms with Gasteiger partial charge in [-0.3, -0.25) is 0 Å². The van der Waals surface area contributed by atoms with E-state index in [4.69, 9.17) is 0 Å². The lowest BCUT2D eigenvalue weighted by molar-refractivity contribution is 1.31. The fourth-order valence-corrected chi connectivity index (χ4v) is 1.28. The molecule has 0 rings (SSSR count). The van der Waals surface area contributed by atoms with Crippen molar-refractivity contribution in [3.8, 4) is 0 Å². The SMILES string of the molecule is C=CC(=C/C)/C(C(=C)C)=C(/C)C=C. The van der Waals surface area contributed by atoms with Gasteiger partial charge >= 0.3 is 0 Å². The van der Waals surface area contributed by atoms with E-state index < -0.39 is 0 Å². The Morgan fingerprint density at radius 2 is 1.62 bits per heavy atom. The van der Waals surface area contributed by atoms with Crippen molar-refractivity contribution in [3.05, 3.63) is 60.3 Å². The molecule has 0 spiro atoms. The number of allylic oxidation sites excluding steroid dienone is 7. The van der Waals surface area contributed by atoms with Crippen LogP contribution in [-0.4, -0.2) is 0 Å². The van der Waals surface area contributed by atoms with Crippen LogP contribution in [0, 0.1) is 0 Å². The Morgan fingerprint density at radius 1 is 1.08 bits per heavy atom. The molecule has 0 aliphatic carbocycles. The summed E-state index contributed by atoms with van der Waals surface area (Å²) in [6, 6.07) is 0. The summed E-state index contributed by atoms with van der Waals surface area (Å²) in [6.45, 7) is 17.5. The first-order chi connectivity index (χ1) is 6.08. The van der Waals surface area contributed by atoms with Gasteiger partial charge in [-0.15, -0.1) is 0 Å². The highest BCUT2D eigenvalue weighted by Gasteiger charge is 2.03.